The van der Waals surface area contributed by atoms with Gasteiger partial charge in [0.2, 0.25) is 5.91 Å². The molecule has 1 aliphatic rings. The van der Waals surface area contributed by atoms with Crippen molar-refractivity contribution < 1.29 is 9.18 Å². The number of nitrogens with zero attached hydrogens (tertiary/aromatic N) is 7. The number of rotatable bonds is 10. The number of amides is 1. The van der Waals surface area contributed by atoms with E-state index in [0.29, 0.717) is 43.3 Å². The molecule has 0 unspecified atom stereocenters. The molecule has 43 heavy (non-hydrogen) atoms. The SMILES string of the molecule is CCCCn1c(=O)c(CCC(=O)N2C[C@@H](C)N(Cc3cn([C@@H](C)c4ccc(F)cc4Cl)nn3)[C@@H](C)C2)nc2ccccc21. The number of carbonyl (C=O) groups is 1. The summed E-state index contributed by atoms with van der Waals surface area (Å²) in [7, 11) is 0. The highest BCUT2D eigenvalue weighted by Crippen LogP contribution is 2.27. The molecule has 1 aliphatic heterocycles. The molecule has 9 nitrogen and oxygen atoms in total. The molecule has 2 aromatic carbocycles. The molecule has 0 bridgehead atoms. The van der Waals surface area contributed by atoms with Gasteiger partial charge in [0.05, 0.1) is 29.0 Å². The van der Waals surface area contributed by atoms with Crippen LogP contribution in [-0.2, 0) is 24.3 Å². The van der Waals surface area contributed by atoms with E-state index in [1.807, 2.05) is 42.3 Å². The van der Waals surface area contributed by atoms with Crippen LogP contribution in [0.1, 0.15) is 70.0 Å². The summed E-state index contributed by atoms with van der Waals surface area (Å²) in [4.78, 5) is 35.5. The van der Waals surface area contributed by atoms with Crippen molar-refractivity contribution in [2.75, 3.05) is 13.1 Å². The Balaban J connectivity index is 1.21. The fourth-order valence-electron chi connectivity index (χ4n) is 5.95. The summed E-state index contributed by atoms with van der Waals surface area (Å²) in [5, 5.41) is 9.04. The van der Waals surface area contributed by atoms with Gasteiger partial charge in [-0.2, -0.15) is 0 Å². The van der Waals surface area contributed by atoms with Crippen molar-refractivity contribution >= 4 is 28.5 Å². The summed E-state index contributed by atoms with van der Waals surface area (Å²) in [5.41, 5.74) is 3.54. The van der Waals surface area contributed by atoms with Crippen molar-refractivity contribution in [3.8, 4) is 0 Å². The number of para-hydroxylation sites is 2. The van der Waals surface area contributed by atoms with Crippen molar-refractivity contribution in [1.82, 2.24) is 34.3 Å². The van der Waals surface area contributed by atoms with Crippen LogP contribution in [0.3, 0.4) is 0 Å². The van der Waals surface area contributed by atoms with Crippen LogP contribution >= 0.6 is 11.6 Å². The van der Waals surface area contributed by atoms with Gasteiger partial charge in [-0.3, -0.25) is 14.5 Å². The van der Waals surface area contributed by atoms with Crippen LogP contribution in [0.15, 0.2) is 53.5 Å². The lowest BCUT2D eigenvalue weighted by atomic mass is 10.1. The van der Waals surface area contributed by atoms with Gasteiger partial charge in [0, 0.05) is 56.1 Å². The first-order chi connectivity index (χ1) is 20.7. The number of fused-ring (bicyclic) bond motifs is 1. The van der Waals surface area contributed by atoms with Gasteiger partial charge in [-0.05, 0) is 57.0 Å². The zero-order chi connectivity index (χ0) is 30.7. The smallest absolute Gasteiger partial charge is 0.272 e. The van der Waals surface area contributed by atoms with Crippen molar-refractivity contribution in [2.24, 2.45) is 0 Å². The average Bonchev–Trinajstić information content (AvgIpc) is 3.46. The quantitative estimate of drug-likeness (QED) is 0.245. The van der Waals surface area contributed by atoms with Gasteiger partial charge in [-0.1, -0.05) is 48.4 Å². The summed E-state index contributed by atoms with van der Waals surface area (Å²) in [6.07, 6.45) is 4.35. The minimum absolute atomic E-state index is 0.0313. The number of hydrogen-bond donors (Lipinski definition) is 0. The molecule has 228 valence electrons. The second-order valence-electron chi connectivity index (χ2n) is 11.6. The molecule has 1 fully saturated rings. The Morgan fingerprint density at radius 3 is 2.60 bits per heavy atom. The maximum atomic E-state index is 13.5. The molecule has 5 rings (SSSR count). The van der Waals surface area contributed by atoms with E-state index in [9.17, 15) is 14.0 Å². The van der Waals surface area contributed by atoms with Crippen molar-refractivity contribution in [2.45, 2.75) is 84.6 Å². The highest BCUT2D eigenvalue weighted by Gasteiger charge is 2.32. The molecule has 0 N–H and O–H groups in total. The molecule has 1 amide bonds. The number of aromatic nitrogens is 5. The molecule has 3 heterocycles. The molecule has 1 saturated heterocycles. The Morgan fingerprint density at radius 2 is 1.88 bits per heavy atom. The van der Waals surface area contributed by atoms with Crippen LogP contribution in [0, 0.1) is 5.82 Å². The van der Waals surface area contributed by atoms with Gasteiger partial charge in [0.1, 0.15) is 11.5 Å². The van der Waals surface area contributed by atoms with Crippen LogP contribution in [0.25, 0.3) is 11.0 Å². The van der Waals surface area contributed by atoms with Gasteiger partial charge in [-0.15, -0.1) is 5.10 Å². The third-order valence-corrected chi connectivity index (χ3v) is 8.72. The molecule has 0 spiro atoms. The zero-order valence-electron chi connectivity index (χ0n) is 25.2. The first-order valence-corrected chi connectivity index (χ1v) is 15.4. The normalized spacial score (nSPS) is 18.3. The second-order valence-corrected chi connectivity index (χ2v) is 12.0. The predicted octanol–water partition coefficient (Wildman–Crippen LogP) is 5.24. The third kappa shape index (κ3) is 6.80. The molecule has 0 radical (unpaired) electrons. The van der Waals surface area contributed by atoms with Gasteiger partial charge >= 0.3 is 0 Å². The van der Waals surface area contributed by atoms with Crippen molar-refractivity contribution in [3.05, 3.63) is 86.8 Å². The molecular formula is C32H39ClFN7O2. The molecule has 0 aliphatic carbocycles. The van der Waals surface area contributed by atoms with Crippen molar-refractivity contribution in [1.29, 1.82) is 0 Å². The molecule has 3 atom stereocenters. The van der Waals surface area contributed by atoms with Crippen LogP contribution in [-0.4, -0.2) is 65.4 Å². The van der Waals surface area contributed by atoms with Gasteiger partial charge in [-0.25, -0.2) is 14.1 Å². The largest absolute Gasteiger partial charge is 0.340 e. The summed E-state index contributed by atoms with van der Waals surface area (Å²) in [6.45, 7) is 10.7. The maximum Gasteiger partial charge on any atom is 0.272 e. The summed E-state index contributed by atoms with van der Waals surface area (Å²) in [6, 6.07) is 12.1. The molecule has 4 aromatic rings. The van der Waals surface area contributed by atoms with E-state index in [4.69, 9.17) is 11.6 Å². The monoisotopic (exact) mass is 607 g/mol. The lowest BCUT2D eigenvalue weighted by molar-refractivity contribution is -0.135. The van der Waals surface area contributed by atoms with E-state index in [2.05, 4.69) is 41.0 Å². The lowest BCUT2D eigenvalue weighted by Crippen LogP contribution is -2.57. The van der Waals surface area contributed by atoms with Gasteiger partial charge in [0.25, 0.3) is 5.56 Å². The fourth-order valence-corrected chi connectivity index (χ4v) is 6.27. The van der Waals surface area contributed by atoms with Crippen LogP contribution in [0.4, 0.5) is 4.39 Å². The minimum Gasteiger partial charge on any atom is -0.340 e. The molecule has 2 aromatic heterocycles. The third-order valence-electron chi connectivity index (χ3n) is 8.40. The predicted molar refractivity (Wildman–Crippen MR) is 166 cm³/mol. The number of hydrogen-bond acceptors (Lipinski definition) is 6. The number of halogens is 2. The first kappa shape index (κ1) is 30.8. The minimum atomic E-state index is -0.378. The van der Waals surface area contributed by atoms with Crippen LogP contribution in [0.5, 0.6) is 0 Å². The molecule has 11 heteroatoms. The van der Waals surface area contributed by atoms with E-state index < -0.39 is 0 Å². The standard InChI is InChI=1S/C32H39ClFN7O2/c1-5-6-15-39-30-10-8-7-9-28(30)35-29(32(39)43)13-14-31(42)38-17-21(2)40(22(3)18-38)19-25-20-41(37-36-25)23(4)26-12-11-24(34)16-27(26)33/h7-12,16,20-23H,5-6,13-15,17-19H2,1-4H3/t21-,22+,23-/m0/s1. The summed E-state index contributed by atoms with van der Waals surface area (Å²) >= 11 is 6.27. The Kier molecular flexibility index (Phi) is 9.56. The van der Waals surface area contributed by atoms with Gasteiger partial charge < -0.3 is 9.47 Å². The van der Waals surface area contributed by atoms with E-state index in [-0.39, 0.29) is 41.8 Å². The Bertz CT molecular complexity index is 1640. The number of piperazine rings is 1. The number of carbonyl (C=O) groups excluding carboxylic acids is 1. The highest BCUT2D eigenvalue weighted by molar-refractivity contribution is 6.31. The summed E-state index contributed by atoms with van der Waals surface area (Å²) < 4.78 is 17.0. The molecular weight excluding hydrogens is 569 g/mol. The topological polar surface area (TPSA) is 89.2 Å². The second kappa shape index (κ2) is 13.3. The van der Waals surface area contributed by atoms with E-state index in [1.54, 1.807) is 15.3 Å². The number of aryl methyl sites for hydroxylation is 2. The maximum absolute atomic E-state index is 13.5. The van der Waals surface area contributed by atoms with E-state index in [1.165, 1.54) is 12.1 Å². The Labute approximate surface area is 256 Å². The number of unbranched alkanes of at least 4 members (excludes halogenated alkanes) is 1. The number of benzene rings is 2. The van der Waals surface area contributed by atoms with Crippen molar-refractivity contribution in [3.63, 3.8) is 0 Å². The molecule has 0 saturated carbocycles. The van der Waals surface area contributed by atoms with Crippen LogP contribution in [0.2, 0.25) is 5.02 Å². The van der Waals surface area contributed by atoms with Gasteiger partial charge in [0.15, 0.2) is 0 Å². The first-order valence-electron chi connectivity index (χ1n) is 15.0. The van der Waals surface area contributed by atoms with E-state index >= 15 is 0 Å². The van der Waals surface area contributed by atoms with E-state index in [0.717, 1.165) is 35.1 Å². The summed E-state index contributed by atoms with van der Waals surface area (Å²) in [5.74, 6) is -0.347. The Hall–Kier alpha value is -3.63. The Morgan fingerprint density at radius 1 is 1.14 bits per heavy atom. The average molecular weight is 608 g/mol. The lowest BCUT2D eigenvalue weighted by Gasteiger charge is -2.44. The fraction of sp³-hybridized carbons (Fsp3) is 0.469. The van der Waals surface area contributed by atoms with Crippen LogP contribution < -0.4 is 5.56 Å². The zero-order valence-corrected chi connectivity index (χ0v) is 26.0. The highest BCUT2D eigenvalue weighted by atomic mass is 35.5.